The van der Waals surface area contributed by atoms with Gasteiger partial charge in [0.15, 0.2) is 0 Å². The summed E-state index contributed by atoms with van der Waals surface area (Å²) in [6.07, 6.45) is 4.47. The first kappa shape index (κ1) is 12.1. The second-order valence-electron chi connectivity index (χ2n) is 4.14. The summed E-state index contributed by atoms with van der Waals surface area (Å²) in [5.41, 5.74) is 0. The molecule has 1 rings (SSSR count). The van der Waals surface area contributed by atoms with Crippen LogP contribution in [0.5, 0.6) is 0 Å². The Morgan fingerprint density at radius 2 is 2.07 bits per heavy atom. The van der Waals surface area contributed by atoms with Gasteiger partial charge in [0, 0.05) is 41.9 Å². The van der Waals surface area contributed by atoms with Crippen LogP contribution < -0.4 is 5.32 Å². The van der Waals surface area contributed by atoms with Gasteiger partial charge >= 0.3 is 0 Å². The van der Waals surface area contributed by atoms with Gasteiger partial charge in [-0.2, -0.15) is 0 Å². The van der Waals surface area contributed by atoms with Gasteiger partial charge in [-0.1, -0.05) is 0 Å². The average Bonchev–Trinajstić information content (AvgIpc) is 2.55. The number of hydrogen-bond donors (Lipinski definition) is 1. The van der Waals surface area contributed by atoms with E-state index in [2.05, 4.69) is 17.1 Å². The maximum Gasteiger partial charge on any atom is 0.0383 e. The maximum absolute atomic E-state index is 10.9. The van der Waals surface area contributed by atoms with E-state index in [-0.39, 0.29) is 0 Å². The van der Waals surface area contributed by atoms with Gasteiger partial charge in [-0.25, -0.2) is 0 Å². The van der Waals surface area contributed by atoms with Crippen molar-refractivity contribution in [1.82, 2.24) is 10.2 Å². The van der Waals surface area contributed by atoms with Crippen LogP contribution in [0.15, 0.2) is 0 Å². The Kier molecular flexibility index (Phi) is 5.67. The lowest BCUT2D eigenvalue weighted by atomic mass is 10.4. The van der Waals surface area contributed by atoms with Crippen molar-refractivity contribution >= 4 is 10.8 Å². The first-order valence-corrected chi connectivity index (χ1v) is 7.17. The Morgan fingerprint density at radius 3 is 2.64 bits per heavy atom. The van der Waals surface area contributed by atoms with Crippen molar-refractivity contribution in [3.8, 4) is 0 Å². The van der Waals surface area contributed by atoms with Crippen molar-refractivity contribution in [2.45, 2.75) is 25.8 Å². The lowest BCUT2D eigenvalue weighted by Gasteiger charge is -2.17. The quantitative estimate of drug-likeness (QED) is 0.702. The highest BCUT2D eigenvalue weighted by atomic mass is 32.2. The van der Waals surface area contributed by atoms with E-state index >= 15 is 0 Å². The summed E-state index contributed by atoms with van der Waals surface area (Å²) in [4.78, 5) is 2.49. The first-order chi connectivity index (χ1) is 6.68. The lowest BCUT2D eigenvalue weighted by Crippen LogP contribution is -2.37. The van der Waals surface area contributed by atoms with Crippen LogP contribution in [0.4, 0.5) is 0 Å². The van der Waals surface area contributed by atoms with Crippen molar-refractivity contribution in [1.29, 1.82) is 0 Å². The minimum Gasteiger partial charge on any atom is -0.312 e. The zero-order valence-electron chi connectivity index (χ0n) is 9.29. The highest BCUT2D eigenvalue weighted by Gasteiger charge is 2.11. The number of rotatable bonds is 6. The van der Waals surface area contributed by atoms with E-state index in [0.717, 1.165) is 18.8 Å². The van der Waals surface area contributed by atoms with Crippen molar-refractivity contribution in [3.63, 3.8) is 0 Å². The van der Waals surface area contributed by atoms with Crippen molar-refractivity contribution in [2.24, 2.45) is 0 Å². The summed E-state index contributed by atoms with van der Waals surface area (Å²) in [5.74, 6) is 0.764. The maximum atomic E-state index is 10.9. The van der Waals surface area contributed by atoms with Gasteiger partial charge < -0.3 is 10.2 Å². The van der Waals surface area contributed by atoms with Gasteiger partial charge in [0.1, 0.15) is 0 Å². The molecule has 84 valence electrons. The van der Waals surface area contributed by atoms with Crippen LogP contribution in [-0.4, -0.2) is 53.3 Å². The molecule has 0 radical (unpaired) electrons. The van der Waals surface area contributed by atoms with Crippen LogP contribution in [0, 0.1) is 0 Å². The fraction of sp³-hybridized carbons (Fsp3) is 1.00. The molecule has 2 atom stereocenters. The molecule has 0 saturated carbocycles. The molecule has 4 heteroatoms. The van der Waals surface area contributed by atoms with E-state index in [0.29, 0.717) is 6.04 Å². The summed E-state index contributed by atoms with van der Waals surface area (Å²) in [5, 5.41) is 3.41. The fourth-order valence-corrected chi connectivity index (χ4v) is 2.71. The zero-order valence-corrected chi connectivity index (χ0v) is 10.1. The molecule has 0 bridgehead atoms. The molecule has 3 nitrogen and oxygen atoms in total. The molecular weight excluding hydrogens is 196 g/mol. The number of nitrogens with one attached hydrogen (secondary N) is 1. The Balaban J connectivity index is 1.99. The fourth-order valence-electron chi connectivity index (χ4n) is 1.89. The Morgan fingerprint density at radius 1 is 1.43 bits per heavy atom. The Labute approximate surface area is 89.7 Å². The number of nitrogens with zero attached hydrogens (tertiary/aromatic N) is 1. The average molecular weight is 218 g/mol. The molecule has 0 aliphatic carbocycles. The van der Waals surface area contributed by atoms with Crippen LogP contribution >= 0.6 is 0 Å². The predicted octanol–water partition coefficient (Wildman–Crippen LogP) is 0.439. The van der Waals surface area contributed by atoms with E-state index in [1.54, 1.807) is 6.26 Å². The molecule has 14 heavy (non-hydrogen) atoms. The number of hydrogen-bond acceptors (Lipinski definition) is 3. The smallest absolute Gasteiger partial charge is 0.0383 e. The monoisotopic (exact) mass is 218 g/mol. The third-order valence-corrected chi connectivity index (χ3v) is 3.57. The highest BCUT2D eigenvalue weighted by Crippen LogP contribution is 2.05. The Bertz CT molecular complexity index is 181. The van der Waals surface area contributed by atoms with Crippen molar-refractivity contribution < 1.29 is 4.21 Å². The summed E-state index contributed by atoms with van der Waals surface area (Å²) in [6, 6.07) is 0.378. The normalized spacial score (nSPS) is 22.4. The van der Waals surface area contributed by atoms with Gasteiger partial charge in [-0.3, -0.25) is 4.21 Å². The van der Waals surface area contributed by atoms with Crippen LogP contribution in [0.2, 0.25) is 0 Å². The lowest BCUT2D eigenvalue weighted by molar-refractivity contribution is 0.331. The summed E-state index contributed by atoms with van der Waals surface area (Å²) < 4.78 is 10.9. The van der Waals surface area contributed by atoms with Crippen LogP contribution in [0.1, 0.15) is 19.8 Å². The number of likely N-dealkylation sites (tertiary alicyclic amines) is 1. The van der Waals surface area contributed by atoms with E-state index in [9.17, 15) is 4.21 Å². The molecule has 0 aromatic heterocycles. The topological polar surface area (TPSA) is 32.3 Å². The molecular formula is C10H22N2OS. The summed E-state index contributed by atoms with van der Waals surface area (Å²) >= 11 is 0. The first-order valence-electron chi connectivity index (χ1n) is 5.44. The van der Waals surface area contributed by atoms with Gasteiger partial charge in [-0.15, -0.1) is 0 Å². The molecule has 1 saturated heterocycles. The molecule has 0 amide bonds. The van der Waals surface area contributed by atoms with Gasteiger partial charge in [0.05, 0.1) is 0 Å². The molecule has 1 heterocycles. The second-order valence-corrected chi connectivity index (χ2v) is 5.62. The molecule has 1 aliphatic rings. The van der Waals surface area contributed by atoms with Crippen LogP contribution in [0.25, 0.3) is 0 Å². The van der Waals surface area contributed by atoms with Crippen molar-refractivity contribution in [3.05, 3.63) is 0 Å². The zero-order chi connectivity index (χ0) is 10.4. The minimum absolute atomic E-state index is 0.378. The highest BCUT2D eigenvalue weighted by molar-refractivity contribution is 7.84. The molecule has 0 spiro atoms. The van der Waals surface area contributed by atoms with Gasteiger partial charge in [0.25, 0.3) is 0 Å². The molecule has 1 aliphatic heterocycles. The second kappa shape index (κ2) is 6.53. The van der Waals surface area contributed by atoms with E-state index < -0.39 is 10.8 Å². The van der Waals surface area contributed by atoms with Crippen LogP contribution in [0.3, 0.4) is 0 Å². The Hall–Kier alpha value is 0.0700. The third kappa shape index (κ3) is 5.08. The van der Waals surface area contributed by atoms with Crippen molar-refractivity contribution in [2.75, 3.05) is 38.2 Å². The van der Waals surface area contributed by atoms with Gasteiger partial charge in [-0.05, 0) is 32.9 Å². The molecule has 0 aromatic rings. The van der Waals surface area contributed by atoms with Gasteiger partial charge in [0.2, 0.25) is 0 Å². The largest absolute Gasteiger partial charge is 0.312 e. The van der Waals surface area contributed by atoms with E-state index in [1.165, 1.54) is 25.9 Å². The summed E-state index contributed by atoms with van der Waals surface area (Å²) in [6.45, 7) is 6.79. The minimum atomic E-state index is -0.677. The predicted molar refractivity (Wildman–Crippen MR) is 62.1 cm³/mol. The molecule has 0 aromatic carbocycles. The standard InChI is InChI=1S/C10H22N2OS/c1-10(9-14(2)13)11-5-8-12-6-3-4-7-12/h10-11H,3-9H2,1-2H3. The molecule has 2 unspecified atom stereocenters. The molecule has 1 fully saturated rings. The van der Waals surface area contributed by atoms with E-state index in [4.69, 9.17) is 0 Å². The van der Waals surface area contributed by atoms with E-state index in [1.807, 2.05) is 0 Å². The third-order valence-electron chi connectivity index (χ3n) is 2.60. The van der Waals surface area contributed by atoms with Crippen LogP contribution in [-0.2, 0) is 10.8 Å². The SMILES string of the molecule is CC(CS(C)=O)NCCN1CCCC1. The molecule has 1 N–H and O–H groups in total. The summed E-state index contributed by atoms with van der Waals surface area (Å²) in [7, 11) is -0.677.